The number of carbonyl (C=O) groups excluding carboxylic acids is 1. The molecule has 30 heavy (non-hydrogen) atoms. The smallest absolute Gasteiger partial charge is 0.251 e. The number of hydrogen-bond acceptors (Lipinski definition) is 5. The summed E-state index contributed by atoms with van der Waals surface area (Å²) in [6.45, 7) is 7.32. The van der Waals surface area contributed by atoms with E-state index >= 15 is 0 Å². The summed E-state index contributed by atoms with van der Waals surface area (Å²) in [7, 11) is 0. The number of aromatic nitrogens is 1. The van der Waals surface area contributed by atoms with E-state index in [1.54, 1.807) is 11.3 Å². The first-order valence-corrected chi connectivity index (χ1v) is 10.9. The molecule has 1 aromatic heterocycles. The fourth-order valence-corrected chi connectivity index (χ4v) is 3.81. The Morgan fingerprint density at radius 3 is 2.90 bits per heavy atom. The van der Waals surface area contributed by atoms with Crippen molar-refractivity contribution < 1.29 is 9.53 Å². The molecule has 0 spiro atoms. The zero-order valence-electron chi connectivity index (χ0n) is 17.4. The Labute approximate surface area is 199 Å². The van der Waals surface area contributed by atoms with E-state index in [-0.39, 0.29) is 36.0 Å². The van der Waals surface area contributed by atoms with E-state index < -0.39 is 0 Å². The second kappa shape index (κ2) is 12.9. The van der Waals surface area contributed by atoms with Gasteiger partial charge in [0, 0.05) is 36.3 Å². The van der Waals surface area contributed by atoms with Gasteiger partial charge in [0.05, 0.1) is 19.2 Å². The summed E-state index contributed by atoms with van der Waals surface area (Å²) in [5.74, 6) is 0.657. The third-order valence-electron chi connectivity index (χ3n) is 4.54. The number of nitrogens with one attached hydrogen (secondary N) is 3. The maximum atomic E-state index is 12.4. The third-order valence-corrected chi connectivity index (χ3v) is 5.46. The highest BCUT2D eigenvalue weighted by atomic mass is 127. The van der Waals surface area contributed by atoms with Crippen molar-refractivity contribution in [3.63, 3.8) is 0 Å². The van der Waals surface area contributed by atoms with Crippen LogP contribution in [0, 0.1) is 6.92 Å². The predicted molar refractivity (Wildman–Crippen MR) is 132 cm³/mol. The van der Waals surface area contributed by atoms with Gasteiger partial charge in [-0.25, -0.2) is 9.98 Å². The summed E-state index contributed by atoms with van der Waals surface area (Å²) in [5, 5.41) is 10.5. The molecule has 1 aromatic carbocycles. The maximum absolute atomic E-state index is 12.4. The minimum absolute atomic E-state index is 0. The molecule has 0 saturated carbocycles. The number of aryl methyl sites for hydroxylation is 1. The first-order chi connectivity index (χ1) is 14.1. The molecule has 2 heterocycles. The van der Waals surface area contributed by atoms with Crippen LogP contribution in [0.25, 0.3) is 0 Å². The molecule has 9 heteroatoms. The highest BCUT2D eigenvalue weighted by molar-refractivity contribution is 14.0. The van der Waals surface area contributed by atoms with Crippen LogP contribution in [-0.2, 0) is 17.8 Å². The molecule has 164 valence electrons. The van der Waals surface area contributed by atoms with Crippen molar-refractivity contribution in [3.05, 3.63) is 51.5 Å². The third kappa shape index (κ3) is 7.84. The fourth-order valence-electron chi connectivity index (χ4n) is 3.08. The lowest BCUT2D eigenvalue weighted by Crippen LogP contribution is -2.36. The van der Waals surface area contributed by atoms with Crippen LogP contribution in [0.5, 0.6) is 0 Å². The molecule has 1 saturated heterocycles. The van der Waals surface area contributed by atoms with E-state index in [2.05, 4.69) is 25.9 Å². The first-order valence-electron chi connectivity index (χ1n) is 10.1. The Kier molecular flexibility index (Phi) is 10.5. The molecule has 3 N–H and O–H groups in total. The lowest BCUT2D eigenvalue weighted by Gasteiger charge is -2.12. The quantitative estimate of drug-likeness (QED) is 0.271. The zero-order chi connectivity index (χ0) is 20.5. The number of halogens is 1. The first kappa shape index (κ1) is 24.5. The number of benzene rings is 1. The van der Waals surface area contributed by atoms with Gasteiger partial charge in [-0.05, 0) is 44.4 Å². The zero-order valence-corrected chi connectivity index (χ0v) is 20.6. The molecule has 7 nitrogen and oxygen atoms in total. The monoisotopic (exact) mass is 543 g/mol. The number of ether oxygens (including phenoxy) is 1. The molecule has 0 radical (unpaired) electrons. The number of amides is 1. The number of thiazole rings is 1. The SMILES string of the molecule is CCNC(=NCc1cccc(C(=O)NCC2CCCO2)c1)NCc1ncc(C)s1.I. The Morgan fingerprint density at radius 2 is 2.20 bits per heavy atom. The Morgan fingerprint density at radius 1 is 1.33 bits per heavy atom. The van der Waals surface area contributed by atoms with Gasteiger partial charge in [0.1, 0.15) is 5.01 Å². The van der Waals surface area contributed by atoms with E-state index in [1.807, 2.05) is 44.3 Å². The molecular weight excluding hydrogens is 513 g/mol. The summed E-state index contributed by atoms with van der Waals surface area (Å²) in [6.07, 6.45) is 4.09. The van der Waals surface area contributed by atoms with E-state index in [0.717, 1.165) is 42.5 Å². The summed E-state index contributed by atoms with van der Waals surface area (Å²) in [4.78, 5) is 22.6. The fraction of sp³-hybridized carbons (Fsp3) is 0.476. The van der Waals surface area contributed by atoms with Crippen molar-refractivity contribution in [1.82, 2.24) is 20.9 Å². The van der Waals surface area contributed by atoms with Crippen molar-refractivity contribution in [1.29, 1.82) is 0 Å². The Balaban J connectivity index is 0.00000320. The number of carbonyl (C=O) groups is 1. The van der Waals surface area contributed by atoms with Gasteiger partial charge in [0.25, 0.3) is 5.91 Å². The average Bonchev–Trinajstić information content (AvgIpc) is 3.40. The lowest BCUT2D eigenvalue weighted by atomic mass is 10.1. The van der Waals surface area contributed by atoms with Crippen molar-refractivity contribution in [2.75, 3.05) is 19.7 Å². The van der Waals surface area contributed by atoms with Gasteiger partial charge in [0.2, 0.25) is 0 Å². The predicted octanol–water partition coefficient (Wildman–Crippen LogP) is 3.23. The van der Waals surface area contributed by atoms with E-state index in [1.165, 1.54) is 4.88 Å². The molecule has 3 rings (SSSR count). The average molecular weight is 543 g/mol. The van der Waals surface area contributed by atoms with Crippen molar-refractivity contribution in [2.45, 2.75) is 45.9 Å². The van der Waals surface area contributed by atoms with Gasteiger partial charge in [-0.1, -0.05) is 12.1 Å². The van der Waals surface area contributed by atoms with Crippen LogP contribution in [0.15, 0.2) is 35.5 Å². The van der Waals surface area contributed by atoms with E-state index in [4.69, 9.17) is 4.74 Å². The molecular formula is C21H30IN5O2S. The molecule has 0 aliphatic carbocycles. The topological polar surface area (TPSA) is 87.6 Å². The second-order valence-corrected chi connectivity index (χ2v) is 8.28. The molecule has 2 aromatic rings. The van der Waals surface area contributed by atoms with Crippen molar-refractivity contribution in [2.24, 2.45) is 4.99 Å². The number of aliphatic imine (C=N–C) groups is 1. The molecule has 1 aliphatic heterocycles. The number of guanidine groups is 1. The molecule has 0 bridgehead atoms. The van der Waals surface area contributed by atoms with Gasteiger partial charge in [-0.2, -0.15) is 0 Å². The molecule has 1 fully saturated rings. The van der Waals surface area contributed by atoms with Crippen molar-refractivity contribution >= 4 is 47.2 Å². The lowest BCUT2D eigenvalue weighted by molar-refractivity contribution is 0.0857. The van der Waals surface area contributed by atoms with E-state index in [0.29, 0.717) is 25.2 Å². The largest absolute Gasteiger partial charge is 0.376 e. The maximum Gasteiger partial charge on any atom is 0.251 e. The minimum atomic E-state index is -0.0736. The van der Waals surface area contributed by atoms with Gasteiger partial charge in [-0.15, -0.1) is 35.3 Å². The Bertz CT molecular complexity index is 836. The van der Waals surface area contributed by atoms with Crippen LogP contribution in [0.4, 0.5) is 0 Å². The van der Waals surface area contributed by atoms with Crippen molar-refractivity contribution in [3.8, 4) is 0 Å². The number of rotatable bonds is 8. The van der Waals surface area contributed by atoms with Gasteiger partial charge in [0.15, 0.2) is 5.96 Å². The van der Waals surface area contributed by atoms with Crippen LogP contribution in [-0.4, -0.2) is 42.7 Å². The molecule has 1 amide bonds. The van der Waals surface area contributed by atoms with Gasteiger partial charge >= 0.3 is 0 Å². The van der Waals surface area contributed by atoms with E-state index in [9.17, 15) is 4.79 Å². The van der Waals surface area contributed by atoms with Crippen LogP contribution in [0.1, 0.15) is 45.6 Å². The summed E-state index contributed by atoms with van der Waals surface area (Å²) in [6, 6.07) is 7.59. The highest BCUT2D eigenvalue weighted by Crippen LogP contribution is 2.12. The number of hydrogen-bond donors (Lipinski definition) is 3. The van der Waals surface area contributed by atoms with Crippen LogP contribution < -0.4 is 16.0 Å². The van der Waals surface area contributed by atoms with Crippen LogP contribution in [0.2, 0.25) is 0 Å². The highest BCUT2D eigenvalue weighted by Gasteiger charge is 2.16. The Hall–Kier alpha value is -1.72. The molecule has 1 unspecified atom stereocenters. The summed E-state index contributed by atoms with van der Waals surface area (Å²) < 4.78 is 5.56. The molecule has 1 atom stereocenters. The standard InChI is InChI=1S/C21H29N5O2S.HI/c1-3-22-21(26-14-19-23-11-15(2)29-19)25-12-16-6-4-7-17(10-16)20(27)24-13-18-8-5-9-28-18;/h4,6-7,10-11,18H,3,5,8-9,12-14H2,1-2H3,(H,24,27)(H2,22,25,26);1H. The van der Waals surface area contributed by atoms with Gasteiger partial charge in [-0.3, -0.25) is 4.79 Å². The minimum Gasteiger partial charge on any atom is -0.376 e. The summed E-state index contributed by atoms with van der Waals surface area (Å²) in [5.41, 5.74) is 1.63. The van der Waals surface area contributed by atoms with Crippen LogP contribution >= 0.6 is 35.3 Å². The van der Waals surface area contributed by atoms with Crippen LogP contribution in [0.3, 0.4) is 0 Å². The molecule has 1 aliphatic rings. The second-order valence-electron chi connectivity index (χ2n) is 6.96. The number of nitrogens with zero attached hydrogens (tertiary/aromatic N) is 2. The van der Waals surface area contributed by atoms with Gasteiger partial charge < -0.3 is 20.7 Å². The normalized spacial score (nSPS) is 16.1. The summed E-state index contributed by atoms with van der Waals surface area (Å²) >= 11 is 1.67.